The summed E-state index contributed by atoms with van der Waals surface area (Å²) < 4.78 is 6.64. The van der Waals surface area contributed by atoms with Crippen molar-refractivity contribution in [3.8, 4) is 0 Å². The van der Waals surface area contributed by atoms with Crippen LogP contribution in [0.3, 0.4) is 0 Å². The Kier molecular flexibility index (Phi) is 4.00. The van der Waals surface area contributed by atoms with Gasteiger partial charge in [0.15, 0.2) is 0 Å². The minimum atomic E-state index is 0.586. The zero-order chi connectivity index (χ0) is 11.5. The number of nitrogens with zero attached hydrogens (tertiary/aromatic N) is 1. The summed E-state index contributed by atoms with van der Waals surface area (Å²) in [6, 6.07) is 6.60. The van der Waals surface area contributed by atoms with E-state index in [4.69, 9.17) is 4.74 Å². The van der Waals surface area contributed by atoms with Gasteiger partial charge in [-0.05, 0) is 43.8 Å². The van der Waals surface area contributed by atoms with E-state index in [1.807, 2.05) is 0 Å². The largest absolute Gasteiger partial charge is 0.381 e. The molecule has 1 atom stereocenters. The number of hydrogen-bond donors (Lipinski definition) is 0. The molecular weight excluding hydrogens is 266 g/mol. The Labute approximate surface area is 106 Å². The molecule has 1 fully saturated rings. The molecule has 1 saturated heterocycles. The van der Waals surface area contributed by atoms with Crippen molar-refractivity contribution in [2.75, 3.05) is 27.3 Å². The predicted molar refractivity (Wildman–Crippen MR) is 69.7 cm³/mol. The minimum absolute atomic E-state index is 0.586. The quantitative estimate of drug-likeness (QED) is 0.846. The van der Waals surface area contributed by atoms with Gasteiger partial charge >= 0.3 is 0 Å². The Morgan fingerprint density at radius 2 is 2.25 bits per heavy atom. The molecule has 0 spiro atoms. The van der Waals surface area contributed by atoms with Crippen LogP contribution < -0.4 is 0 Å². The van der Waals surface area contributed by atoms with Crippen LogP contribution in [0, 0.1) is 0 Å². The molecule has 0 aromatic heterocycles. The van der Waals surface area contributed by atoms with Crippen molar-refractivity contribution in [2.45, 2.75) is 18.9 Å². The highest BCUT2D eigenvalue weighted by atomic mass is 79.9. The molecular formula is C13H18BrNO. The van der Waals surface area contributed by atoms with Crippen molar-refractivity contribution >= 4 is 15.9 Å². The summed E-state index contributed by atoms with van der Waals surface area (Å²) in [5.74, 6) is 0.586. The van der Waals surface area contributed by atoms with Gasteiger partial charge in [-0.25, -0.2) is 0 Å². The number of rotatable bonds is 3. The average molecular weight is 284 g/mol. The molecule has 1 aromatic rings. The van der Waals surface area contributed by atoms with E-state index in [2.05, 4.69) is 53.1 Å². The van der Waals surface area contributed by atoms with Gasteiger partial charge < -0.3 is 9.64 Å². The number of benzene rings is 1. The lowest BCUT2D eigenvalue weighted by molar-refractivity contribution is 0.193. The minimum Gasteiger partial charge on any atom is -0.381 e. The molecule has 0 amide bonds. The fourth-order valence-corrected chi connectivity index (χ4v) is 2.64. The summed E-state index contributed by atoms with van der Waals surface area (Å²) >= 11 is 3.55. The van der Waals surface area contributed by atoms with Crippen molar-refractivity contribution in [1.82, 2.24) is 4.90 Å². The van der Waals surface area contributed by atoms with Gasteiger partial charge in [0.1, 0.15) is 0 Å². The second-order valence-electron chi connectivity index (χ2n) is 4.64. The monoisotopic (exact) mass is 283 g/mol. The van der Waals surface area contributed by atoms with E-state index in [1.54, 1.807) is 0 Å². The van der Waals surface area contributed by atoms with Crippen LogP contribution in [0.1, 0.15) is 23.5 Å². The third-order valence-corrected chi connectivity index (χ3v) is 3.45. The van der Waals surface area contributed by atoms with Crippen molar-refractivity contribution in [1.29, 1.82) is 0 Å². The normalized spacial score (nSPS) is 20.6. The van der Waals surface area contributed by atoms with Gasteiger partial charge in [-0.15, -0.1) is 0 Å². The molecule has 0 N–H and O–H groups in total. The molecule has 3 heteroatoms. The van der Waals surface area contributed by atoms with E-state index in [0.29, 0.717) is 5.92 Å². The molecule has 1 aliphatic heterocycles. The van der Waals surface area contributed by atoms with Crippen LogP contribution in [-0.2, 0) is 11.3 Å². The van der Waals surface area contributed by atoms with Crippen LogP contribution in [0.5, 0.6) is 0 Å². The van der Waals surface area contributed by atoms with Crippen LogP contribution in [0.15, 0.2) is 22.7 Å². The van der Waals surface area contributed by atoms with Gasteiger partial charge in [-0.2, -0.15) is 0 Å². The standard InChI is InChI=1S/C13H18BrNO/c1-15(2)8-11-7-12(14)3-4-13(11)10-5-6-16-9-10/h3-4,7,10H,5-6,8-9H2,1-2H3. The molecule has 16 heavy (non-hydrogen) atoms. The first-order valence-electron chi connectivity index (χ1n) is 5.67. The number of halogens is 1. The van der Waals surface area contributed by atoms with E-state index in [1.165, 1.54) is 11.1 Å². The Morgan fingerprint density at radius 3 is 2.88 bits per heavy atom. The van der Waals surface area contributed by atoms with Crippen molar-refractivity contribution in [3.63, 3.8) is 0 Å². The second kappa shape index (κ2) is 5.30. The maximum Gasteiger partial charge on any atom is 0.0535 e. The summed E-state index contributed by atoms with van der Waals surface area (Å²) in [5, 5.41) is 0. The lowest BCUT2D eigenvalue weighted by atomic mass is 9.93. The zero-order valence-corrected chi connectivity index (χ0v) is 11.5. The smallest absolute Gasteiger partial charge is 0.0535 e. The maximum atomic E-state index is 5.48. The highest BCUT2D eigenvalue weighted by Crippen LogP contribution is 2.30. The van der Waals surface area contributed by atoms with Gasteiger partial charge in [0, 0.05) is 23.5 Å². The first-order chi connectivity index (χ1) is 7.66. The summed E-state index contributed by atoms with van der Waals surface area (Å²) in [5.41, 5.74) is 2.87. The van der Waals surface area contributed by atoms with E-state index < -0.39 is 0 Å². The van der Waals surface area contributed by atoms with Gasteiger partial charge in [0.2, 0.25) is 0 Å². The molecule has 0 bridgehead atoms. The molecule has 2 nitrogen and oxygen atoms in total. The van der Waals surface area contributed by atoms with Crippen molar-refractivity contribution < 1.29 is 4.74 Å². The highest BCUT2D eigenvalue weighted by Gasteiger charge is 2.20. The van der Waals surface area contributed by atoms with E-state index in [-0.39, 0.29) is 0 Å². The molecule has 1 unspecified atom stereocenters. The van der Waals surface area contributed by atoms with Gasteiger partial charge in [0.25, 0.3) is 0 Å². The van der Waals surface area contributed by atoms with E-state index in [0.717, 1.165) is 30.7 Å². The molecule has 2 rings (SSSR count). The second-order valence-corrected chi connectivity index (χ2v) is 5.56. The highest BCUT2D eigenvalue weighted by molar-refractivity contribution is 9.10. The van der Waals surface area contributed by atoms with Gasteiger partial charge in [0.05, 0.1) is 6.61 Å². The molecule has 1 heterocycles. The van der Waals surface area contributed by atoms with Crippen LogP contribution in [0.2, 0.25) is 0 Å². The Morgan fingerprint density at radius 1 is 1.44 bits per heavy atom. The lowest BCUT2D eigenvalue weighted by Crippen LogP contribution is -2.14. The number of hydrogen-bond acceptors (Lipinski definition) is 2. The molecule has 88 valence electrons. The Bertz CT molecular complexity index is 359. The molecule has 0 radical (unpaired) electrons. The summed E-state index contributed by atoms with van der Waals surface area (Å²) in [7, 11) is 4.21. The lowest BCUT2D eigenvalue weighted by Gasteiger charge is -2.18. The summed E-state index contributed by atoms with van der Waals surface area (Å²) in [6.07, 6.45) is 1.15. The molecule has 0 aliphatic carbocycles. The first kappa shape index (κ1) is 12.1. The predicted octanol–water partition coefficient (Wildman–Crippen LogP) is 3.01. The van der Waals surface area contributed by atoms with E-state index >= 15 is 0 Å². The summed E-state index contributed by atoms with van der Waals surface area (Å²) in [4.78, 5) is 2.21. The van der Waals surface area contributed by atoms with Crippen LogP contribution >= 0.6 is 15.9 Å². The van der Waals surface area contributed by atoms with Crippen molar-refractivity contribution in [3.05, 3.63) is 33.8 Å². The topological polar surface area (TPSA) is 12.5 Å². The fourth-order valence-electron chi connectivity index (χ4n) is 2.23. The first-order valence-corrected chi connectivity index (χ1v) is 6.47. The van der Waals surface area contributed by atoms with E-state index in [9.17, 15) is 0 Å². The molecule has 0 saturated carbocycles. The average Bonchev–Trinajstić information content (AvgIpc) is 2.69. The Hall–Kier alpha value is -0.380. The van der Waals surface area contributed by atoms with Crippen LogP contribution in [0.25, 0.3) is 0 Å². The van der Waals surface area contributed by atoms with Crippen LogP contribution in [0.4, 0.5) is 0 Å². The third-order valence-electron chi connectivity index (χ3n) is 2.96. The summed E-state index contributed by atoms with van der Waals surface area (Å²) in [6.45, 7) is 2.77. The van der Waals surface area contributed by atoms with Gasteiger partial charge in [-0.3, -0.25) is 0 Å². The van der Waals surface area contributed by atoms with Crippen LogP contribution in [-0.4, -0.2) is 32.2 Å². The van der Waals surface area contributed by atoms with Crippen molar-refractivity contribution in [2.24, 2.45) is 0 Å². The SMILES string of the molecule is CN(C)Cc1cc(Br)ccc1C1CCOC1. The fraction of sp³-hybridized carbons (Fsp3) is 0.538. The molecule has 1 aromatic carbocycles. The molecule has 1 aliphatic rings. The maximum absolute atomic E-state index is 5.48. The zero-order valence-electron chi connectivity index (χ0n) is 9.87. The number of ether oxygens (including phenoxy) is 1. The Balaban J connectivity index is 2.27. The third kappa shape index (κ3) is 2.84. The van der Waals surface area contributed by atoms with Gasteiger partial charge in [-0.1, -0.05) is 22.0 Å².